The lowest BCUT2D eigenvalue weighted by Gasteiger charge is -2.17. The molecule has 1 aromatic rings. The van der Waals surface area contributed by atoms with Crippen molar-refractivity contribution in [3.05, 3.63) is 34.6 Å². The van der Waals surface area contributed by atoms with Gasteiger partial charge in [-0.25, -0.2) is 4.39 Å². The first-order chi connectivity index (χ1) is 8.17. The monoisotopic (exact) mass is 257 g/mol. The summed E-state index contributed by atoms with van der Waals surface area (Å²) in [4.78, 5) is 0. The van der Waals surface area contributed by atoms with Crippen LogP contribution in [-0.4, -0.2) is 6.04 Å². The van der Waals surface area contributed by atoms with Gasteiger partial charge in [0.25, 0.3) is 0 Å². The topological polar surface area (TPSA) is 12.0 Å². The van der Waals surface area contributed by atoms with E-state index in [0.717, 1.165) is 12.1 Å². The molecule has 0 atom stereocenters. The minimum atomic E-state index is -0.353. The maximum atomic E-state index is 13.0. The lowest BCUT2D eigenvalue weighted by atomic mass is 10.1. The quantitative estimate of drug-likeness (QED) is 0.756. The molecule has 0 fully saturated rings. The maximum absolute atomic E-state index is 13.0. The number of halogens is 2. The molecule has 0 amide bonds. The predicted molar refractivity (Wildman–Crippen MR) is 71.9 cm³/mol. The van der Waals surface area contributed by atoms with Crippen LogP contribution in [0.25, 0.3) is 0 Å². The Balaban J connectivity index is 2.49. The van der Waals surface area contributed by atoms with Gasteiger partial charge >= 0.3 is 0 Å². The fourth-order valence-corrected chi connectivity index (χ4v) is 2.16. The van der Waals surface area contributed by atoms with E-state index in [-0.39, 0.29) is 10.8 Å². The van der Waals surface area contributed by atoms with Crippen LogP contribution < -0.4 is 5.32 Å². The Morgan fingerprint density at radius 2 is 1.88 bits per heavy atom. The largest absolute Gasteiger partial charge is 0.310 e. The predicted octanol–water partition coefficient (Wildman–Crippen LogP) is 4.54. The third-order valence-electron chi connectivity index (χ3n) is 2.85. The Hall–Kier alpha value is -0.600. The van der Waals surface area contributed by atoms with E-state index in [4.69, 9.17) is 11.6 Å². The third kappa shape index (κ3) is 5.05. The van der Waals surface area contributed by atoms with Crippen molar-refractivity contribution in [2.75, 3.05) is 0 Å². The van der Waals surface area contributed by atoms with Gasteiger partial charge in [0.15, 0.2) is 0 Å². The van der Waals surface area contributed by atoms with Crippen molar-refractivity contribution in [1.82, 2.24) is 5.32 Å². The van der Waals surface area contributed by atoms with Crippen molar-refractivity contribution in [2.24, 2.45) is 0 Å². The third-order valence-corrected chi connectivity index (χ3v) is 3.14. The van der Waals surface area contributed by atoms with Crippen LogP contribution in [0.4, 0.5) is 4.39 Å². The molecule has 0 unspecified atom stereocenters. The van der Waals surface area contributed by atoms with Crippen LogP contribution in [0, 0.1) is 5.82 Å². The molecule has 0 aliphatic heterocycles. The molecule has 0 heterocycles. The molecule has 0 spiro atoms. The van der Waals surface area contributed by atoms with Gasteiger partial charge in [-0.05, 0) is 30.5 Å². The van der Waals surface area contributed by atoms with Gasteiger partial charge in [0.05, 0.1) is 5.02 Å². The Morgan fingerprint density at radius 3 is 2.41 bits per heavy atom. The molecule has 3 heteroatoms. The van der Waals surface area contributed by atoms with E-state index in [0.29, 0.717) is 6.04 Å². The van der Waals surface area contributed by atoms with E-state index >= 15 is 0 Å². The first-order valence-corrected chi connectivity index (χ1v) is 6.72. The maximum Gasteiger partial charge on any atom is 0.141 e. The number of hydrogen-bond donors (Lipinski definition) is 1. The zero-order chi connectivity index (χ0) is 12.7. The fraction of sp³-hybridized carbons (Fsp3) is 0.571. The van der Waals surface area contributed by atoms with Crippen molar-refractivity contribution in [2.45, 2.75) is 52.1 Å². The van der Waals surface area contributed by atoms with Gasteiger partial charge in [0.2, 0.25) is 0 Å². The number of nitrogens with one attached hydrogen (secondary N) is 1. The van der Waals surface area contributed by atoms with Gasteiger partial charge in [-0.3, -0.25) is 0 Å². The van der Waals surface area contributed by atoms with Crippen LogP contribution in [0.15, 0.2) is 18.2 Å². The van der Waals surface area contributed by atoms with Gasteiger partial charge in [-0.1, -0.05) is 44.4 Å². The molecule has 0 aliphatic carbocycles. The first-order valence-electron chi connectivity index (χ1n) is 6.34. The second-order valence-electron chi connectivity index (χ2n) is 4.40. The molecule has 0 saturated carbocycles. The van der Waals surface area contributed by atoms with E-state index in [1.807, 2.05) is 0 Å². The summed E-state index contributed by atoms with van der Waals surface area (Å²) in [5, 5.41) is 3.70. The first kappa shape index (κ1) is 14.5. The average Bonchev–Trinajstić information content (AvgIpc) is 2.31. The fourth-order valence-electron chi connectivity index (χ4n) is 1.96. The number of hydrogen-bond acceptors (Lipinski definition) is 1. The molecule has 1 rings (SSSR count). The molecule has 0 radical (unpaired) electrons. The summed E-state index contributed by atoms with van der Waals surface area (Å²) in [7, 11) is 0. The lowest BCUT2D eigenvalue weighted by molar-refractivity contribution is 0.443. The zero-order valence-electron chi connectivity index (χ0n) is 10.6. The van der Waals surface area contributed by atoms with E-state index in [2.05, 4.69) is 19.2 Å². The average molecular weight is 258 g/mol. The number of benzene rings is 1. The van der Waals surface area contributed by atoms with E-state index in [9.17, 15) is 4.39 Å². The van der Waals surface area contributed by atoms with Crippen LogP contribution in [0.3, 0.4) is 0 Å². The van der Waals surface area contributed by atoms with Crippen LogP contribution in [0.1, 0.15) is 45.1 Å². The Labute approximate surface area is 108 Å². The standard InChI is InChI=1S/C14H21ClFN/c1-3-5-12(6-4-2)17-10-11-7-8-14(16)13(15)9-11/h7-9,12,17H,3-6,10H2,1-2H3. The molecule has 0 aromatic heterocycles. The Kier molecular flexibility index (Phi) is 6.53. The highest BCUT2D eigenvalue weighted by Gasteiger charge is 2.06. The van der Waals surface area contributed by atoms with Gasteiger partial charge in [-0.15, -0.1) is 0 Å². The van der Waals surface area contributed by atoms with E-state index < -0.39 is 0 Å². The molecule has 0 aliphatic rings. The molecular weight excluding hydrogens is 237 g/mol. The van der Waals surface area contributed by atoms with Crippen molar-refractivity contribution < 1.29 is 4.39 Å². The normalized spacial score (nSPS) is 11.1. The van der Waals surface area contributed by atoms with Crippen LogP contribution in [0.5, 0.6) is 0 Å². The lowest BCUT2D eigenvalue weighted by Crippen LogP contribution is -2.28. The molecule has 1 N–H and O–H groups in total. The summed E-state index contributed by atoms with van der Waals surface area (Å²) in [6, 6.07) is 5.45. The van der Waals surface area contributed by atoms with Gasteiger partial charge in [0.1, 0.15) is 5.82 Å². The summed E-state index contributed by atoms with van der Waals surface area (Å²) in [5.74, 6) is -0.353. The molecular formula is C14H21ClFN. The molecule has 0 bridgehead atoms. The van der Waals surface area contributed by atoms with Crippen LogP contribution in [0.2, 0.25) is 5.02 Å². The summed E-state index contributed by atoms with van der Waals surface area (Å²) in [6.45, 7) is 5.14. The summed E-state index contributed by atoms with van der Waals surface area (Å²) in [5.41, 5.74) is 1.04. The summed E-state index contributed by atoms with van der Waals surface area (Å²) < 4.78 is 13.0. The zero-order valence-corrected chi connectivity index (χ0v) is 11.4. The highest BCUT2D eigenvalue weighted by Crippen LogP contribution is 2.16. The van der Waals surface area contributed by atoms with Gasteiger partial charge in [0, 0.05) is 12.6 Å². The van der Waals surface area contributed by atoms with Crippen molar-refractivity contribution >= 4 is 11.6 Å². The number of rotatable bonds is 7. The highest BCUT2D eigenvalue weighted by atomic mass is 35.5. The molecule has 1 nitrogen and oxygen atoms in total. The summed E-state index contributed by atoms with van der Waals surface area (Å²) >= 11 is 5.75. The van der Waals surface area contributed by atoms with Gasteiger partial charge in [-0.2, -0.15) is 0 Å². The highest BCUT2D eigenvalue weighted by molar-refractivity contribution is 6.30. The summed E-state index contributed by atoms with van der Waals surface area (Å²) in [6.07, 6.45) is 4.73. The minimum absolute atomic E-state index is 0.201. The Morgan fingerprint density at radius 1 is 1.24 bits per heavy atom. The second-order valence-corrected chi connectivity index (χ2v) is 4.81. The SMILES string of the molecule is CCCC(CCC)NCc1ccc(F)c(Cl)c1. The molecule has 1 aromatic carbocycles. The molecule has 17 heavy (non-hydrogen) atoms. The second kappa shape index (κ2) is 7.67. The Bertz CT molecular complexity index is 335. The van der Waals surface area contributed by atoms with E-state index in [1.54, 1.807) is 12.1 Å². The molecule has 0 saturated heterocycles. The smallest absolute Gasteiger partial charge is 0.141 e. The molecule has 96 valence electrons. The van der Waals surface area contributed by atoms with Gasteiger partial charge < -0.3 is 5.32 Å². The minimum Gasteiger partial charge on any atom is -0.310 e. The van der Waals surface area contributed by atoms with Crippen molar-refractivity contribution in [3.8, 4) is 0 Å². The van der Waals surface area contributed by atoms with E-state index in [1.165, 1.54) is 31.7 Å². The van der Waals surface area contributed by atoms with Crippen molar-refractivity contribution in [3.63, 3.8) is 0 Å². The van der Waals surface area contributed by atoms with Crippen molar-refractivity contribution in [1.29, 1.82) is 0 Å². The van der Waals surface area contributed by atoms with Crippen LogP contribution in [-0.2, 0) is 6.54 Å². The van der Waals surface area contributed by atoms with Crippen LogP contribution >= 0.6 is 11.6 Å².